The van der Waals surface area contributed by atoms with Crippen LogP contribution in [-0.4, -0.2) is 35.0 Å². The Kier molecular flexibility index (Phi) is 4.26. The van der Waals surface area contributed by atoms with Crippen LogP contribution in [0.4, 0.5) is 0 Å². The normalized spacial score (nSPS) is 17.9. The first-order chi connectivity index (χ1) is 7.75. The van der Waals surface area contributed by atoms with Gasteiger partial charge in [-0.2, -0.15) is 5.10 Å². The number of hydrogen-bond donors (Lipinski definition) is 0. The maximum absolute atomic E-state index is 5.49. The fraction of sp³-hybridized carbons (Fsp3) is 0.727. The van der Waals surface area contributed by atoms with Gasteiger partial charge in [0.2, 0.25) is 0 Å². The van der Waals surface area contributed by atoms with Gasteiger partial charge in [0.05, 0.1) is 23.9 Å². The molecule has 0 atom stereocenters. The Morgan fingerprint density at radius 3 is 2.88 bits per heavy atom. The summed E-state index contributed by atoms with van der Waals surface area (Å²) in [5, 5.41) is 5.51. The van der Waals surface area contributed by atoms with E-state index in [4.69, 9.17) is 9.47 Å². The molecule has 0 unspecified atom stereocenters. The Morgan fingerprint density at radius 1 is 1.50 bits per heavy atom. The third-order valence-corrected chi connectivity index (χ3v) is 3.58. The highest BCUT2D eigenvalue weighted by molar-refractivity contribution is 7.99. The quantitative estimate of drug-likeness (QED) is 0.756. The van der Waals surface area contributed by atoms with Crippen molar-refractivity contribution in [2.75, 3.05) is 19.0 Å². The number of nitrogens with zero attached hydrogens (tertiary/aromatic N) is 2. The van der Waals surface area contributed by atoms with Crippen molar-refractivity contribution >= 4 is 11.8 Å². The van der Waals surface area contributed by atoms with Gasteiger partial charge in [0.25, 0.3) is 0 Å². The van der Waals surface area contributed by atoms with Crippen LogP contribution < -0.4 is 0 Å². The van der Waals surface area contributed by atoms with Gasteiger partial charge in [0, 0.05) is 19.2 Å². The van der Waals surface area contributed by atoms with E-state index in [0.717, 1.165) is 37.5 Å². The van der Waals surface area contributed by atoms with Crippen LogP contribution in [-0.2, 0) is 16.5 Å². The lowest BCUT2D eigenvalue weighted by Crippen LogP contribution is -2.25. The molecule has 0 aliphatic carbocycles. The highest BCUT2D eigenvalue weighted by Crippen LogP contribution is 2.21. The third-order valence-electron chi connectivity index (χ3n) is 2.46. The molecular weight excluding hydrogens is 224 g/mol. The summed E-state index contributed by atoms with van der Waals surface area (Å²) in [5.74, 6) is 1.00. The molecule has 0 spiro atoms. The fourth-order valence-corrected chi connectivity index (χ4v) is 2.69. The average molecular weight is 242 g/mol. The van der Waals surface area contributed by atoms with E-state index in [2.05, 4.69) is 11.2 Å². The van der Waals surface area contributed by atoms with Gasteiger partial charge >= 0.3 is 0 Å². The molecule has 1 aliphatic heterocycles. The second kappa shape index (κ2) is 5.70. The molecule has 5 heteroatoms. The molecule has 0 aromatic carbocycles. The Hall–Kier alpha value is -0.520. The fourth-order valence-electron chi connectivity index (χ4n) is 1.68. The molecule has 1 saturated heterocycles. The first-order valence-electron chi connectivity index (χ1n) is 5.62. The van der Waals surface area contributed by atoms with Gasteiger partial charge < -0.3 is 9.47 Å². The van der Waals surface area contributed by atoms with Crippen LogP contribution in [0.15, 0.2) is 11.1 Å². The zero-order chi connectivity index (χ0) is 11.4. The first-order valence-corrected chi connectivity index (χ1v) is 6.61. The van der Waals surface area contributed by atoms with Crippen molar-refractivity contribution in [1.82, 2.24) is 9.78 Å². The van der Waals surface area contributed by atoms with Crippen molar-refractivity contribution in [1.29, 1.82) is 0 Å². The maximum Gasteiger partial charge on any atom is 0.158 e. The molecule has 90 valence electrons. The van der Waals surface area contributed by atoms with Crippen molar-refractivity contribution in [2.24, 2.45) is 7.05 Å². The Bertz CT molecular complexity index is 335. The number of hydrogen-bond acceptors (Lipinski definition) is 4. The minimum absolute atomic E-state index is 0.00410. The number of aromatic nitrogens is 2. The molecule has 1 aromatic rings. The van der Waals surface area contributed by atoms with Gasteiger partial charge in [-0.05, 0) is 19.4 Å². The van der Waals surface area contributed by atoms with Crippen molar-refractivity contribution in [3.63, 3.8) is 0 Å². The second-order valence-corrected chi connectivity index (χ2v) is 5.02. The molecule has 0 N–H and O–H groups in total. The largest absolute Gasteiger partial charge is 0.353 e. The van der Waals surface area contributed by atoms with E-state index in [1.165, 1.54) is 5.03 Å². The number of thioether (sulfide) groups is 1. The van der Waals surface area contributed by atoms with Gasteiger partial charge in [-0.15, -0.1) is 11.8 Å². The van der Waals surface area contributed by atoms with E-state index in [1.807, 2.05) is 18.7 Å². The summed E-state index contributed by atoms with van der Waals surface area (Å²) in [4.78, 5) is 0. The van der Waals surface area contributed by atoms with Crippen LogP contribution in [0.2, 0.25) is 0 Å². The predicted octanol–water partition coefficient (Wildman–Crippen LogP) is 1.97. The van der Waals surface area contributed by atoms with E-state index in [1.54, 1.807) is 11.8 Å². The molecule has 0 radical (unpaired) electrons. The van der Waals surface area contributed by atoms with Crippen LogP contribution in [0.25, 0.3) is 0 Å². The first kappa shape index (κ1) is 12.0. The number of aryl methyl sites for hydroxylation is 2. The van der Waals surface area contributed by atoms with E-state index in [0.29, 0.717) is 0 Å². The maximum atomic E-state index is 5.49. The minimum atomic E-state index is -0.00410. The third kappa shape index (κ3) is 3.23. The van der Waals surface area contributed by atoms with Crippen molar-refractivity contribution in [3.05, 3.63) is 11.8 Å². The van der Waals surface area contributed by atoms with Crippen molar-refractivity contribution < 1.29 is 9.47 Å². The lowest BCUT2D eigenvalue weighted by molar-refractivity contribution is -0.178. The van der Waals surface area contributed by atoms with E-state index in [9.17, 15) is 0 Å². The predicted molar refractivity (Wildman–Crippen MR) is 63.6 cm³/mol. The number of rotatable bonds is 4. The highest BCUT2D eigenvalue weighted by atomic mass is 32.2. The highest BCUT2D eigenvalue weighted by Gasteiger charge is 2.14. The molecular formula is C11H18N2O2S. The Morgan fingerprint density at radius 2 is 2.25 bits per heavy atom. The molecule has 1 aliphatic rings. The Balaban J connectivity index is 1.73. The van der Waals surface area contributed by atoms with Crippen LogP contribution in [0.5, 0.6) is 0 Å². The van der Waals surface area contributed by atoms with Gasteiger partial charge in [-0.1, -0.05) is 0 Å². The van der Waals surface area contributed by atoms with Crippen molar-refractivity contribution in [2.45, 2.75) is 31.1 Å². The van der Waals surface area contributed by atoms with E-state index >= 15 is 0 Å². The molecule has 2 rings (SSSR count). The average Bonchev–Trinajstić information content (AvgIpc) is 2.59. The summed E-state index contributed by atoms with van der Waals surface area (Å²) >= 11 is 1.80. The summed E-state index contributed by atoms with van der Waals surface area (Å²) in [6.07, 6.45) is 1.95. The summed E-state index contributed by atoms with van der Waals surface area (Å²) in [5.41, 5.74) is 1.06. The lowest BCUT2D eigenvalue weighted by atomic mass is 10.4. The molecule has 1 aromatic heterocycles. The monoisotopic (exact) mass is 242 g/mol. The Labute approximate surface area is 100 Å². The van der Waals surface area contributed by atoms with Crippen LogP contribution in [0, 0.1) is 6.92 Å². The zero-order valence-corrected chi connectivity index (χ0v) is 10.6. The summed E-state index contributed by atoms with van der Waals surface area (Å²) in [6.45, 7) is 3.68. The van der Waals surface area contributed by atoms with Gasteiger partial charge in [0.1, 0.15) is 0 Å². The molecule has 1 fully saturated rings. The molecule has 4 nitrogen and oxygen atoms in total. The molecule has 2 heterocycles. The van der Waals surface area contributed by atoms with E-state index < -0.39 is 0 Å². The summed E-state index contributed by atoms with van der Waals surface area (Å²) in [7, 11) is 1.98. The van der Waals surface area contributed by atoms with Crippen LogP contribution in [0.3, 0.4) is 0 Å². The smallest absolute Gasteiger partial charge is 0.158 e. The second-order valence-electron chi connectivity index (χ2n) is 3.91. The minimum Gasteiger partial charge on any atom is -0.353 e. The molecule has 16 heavy (non-hydrogen) atoms. The zero-order valence-electron chi connectivity index (χ0n) is 9.81. The van der Waals surface area contributed by atoms with Gasteiger partial charge in [-0.3, -0.25) is 4.68 Å². The van der Waals surface area contributed by atoms with Gasteiger partial charge in [-0.25, -0.2) is 0 Å². The molecule has 0 saturated carbocycles. The van der Waals surface area contributed by atoms with E-state index in [-0.39, 0.29) is 6.29 Å². The topological polar surface area (TPSA) is 36.3 Å². The SMILES string of the molecule is Cc1cc(SCCC2OCCCO2)n(C)n1. The van der Waals surface area contributed by atoms with Gasteiger partial charge in [0.15, 0.2) is 6.29 Å². The lowest BCUT2D eigenvalue weighted by Gasteiger charge is -2.22. The van der Waals surface area contributed by atoms with Crippen LogP contribution >= 0.6 is 11.8 Å². The number of ether oxygens (including phenoxy) is 2. The summed E-state index contributed by atoms with van der Waals surface area (Å²) < 4.78 is 12.9. The summed E-state index contributed by atoms with van der Waals surface area (Å²) in [6, 6.07) is 2.10. The van der Waals surface area contributed by atoms with Crippen molar-refractivity contribution in [3.8, 4) is 0 Å². The molecule has 0 bridgehead atoms. The van der Waals surface area contributed by atoms with Crippen LogP contribution in [0.1, 0.15) is 18.5 Å². The molecule has 0 amide bonds. The standard InChI is InChI=1S/C11H18N2O2S/c1-9-8-10(13(2)12-9)16-7-4-11-14-5-3-6-15-11/h8,11H,3-7H2,1-2H3.